The van der Waals surface area contributed by atoms with Crippen molar-refractivity contribution in [3.8, 4) is 11.8 Å². The lowest BCUT2D eigenvalue weighted by Crippen LogP contribution is -1.95. The first-order valence-corrected chi connectivity index (χ1v) is 5.40. The monoisotopic (exact) mass is 238 g/mol. The van der Waals surface area contributed by atoms with Gasteiger partial charge in [-0.05, 0) is 35.0 Å². The predicted octanol–water partition coefficient (Wildman–Crippen LogP) is 2.48. The molecule has 0 aliphatic carbocycles. The molecule has 0 radical (unpaired) electrons. The van der Waals surface area contributed by atoms with Gasteiger partial charge in [0.05, 0.1) is 12.0 Å². The van der Waals surface area contributed by atoms with Crippen molar-refractivity contribution < 1.29 is 14.7 Å². The number of aldehydes is 1. The average molecular weight is 238 g/mol. The minimum absolute atomic E-state index is 0.218. The van der Waals surface area contributed by atoms with E-state index in [1.54, 1.807) is 18.2 Å². The molecule has 0 aromatic heterocycles. The molecule has 3 heteroatoms. The largest absolute Gasteiger partial charge is 0.478 e. The van der Waals surface area contributed by atoms with Gasteiger partial charge in [0, 0.05) is 5.56 Å². The zero-order chi connectivity index (χ0) is 13.0. The number of hydrogen-bond acceptors (Lipinski definition) is 2. The molecular weight excluding hydrogens is 228 g/mol. The zero-order valence-electron chi connectivity index (χ0n) is 9.51. The molecule has 0 saturated carbocycles. The molecule has 0 bridgehead atoms. The third-order valence-electron chi connectivity index (χ3n) is 2.51. The molecule has 18 heavy (non-hydrogen) atoms. The number of hydrogen-bond donors (Lipinski definition) is 1. The molecule has 0 atom stereocenters. The van der Waals surface area contributed by atoms with Crippen LogP contribution in [0.5, 0.6) is 0 Å². The molecule has 0 aliphatic rings. The Morgan fingerprint density at radius 3 is 2.61 bits per heavy atom. The number of aromatic carboxylic acids is 1. The highest BCUT2D eigenvalue weighted by Crippen LogP contribution is 2.17. The molecule has 0 spiro atoms. The van der Waals surface area contributed by atoms with Gasteiger partial charge < -0.3 is 9.90 Å². The minimum Gasteiger partial charge on any atom is -0.478 e. The second-order valence-electron chi connectivity index (χ2n) is 3.75. The van der Waals surface area contributed by atoms with Crippen molar-refractivity contribution in [2.45, 2.75) is 6.42 Å². The Kier molecular flexibility index (Phi) is 3.40. The van der Waals surface area contributed by atoms with Crippen molar-refractivity contribution in [3.63, 3.8) is 0 Å². The van der Waals surface area contributed by atoms with Crippen molar-refractivity contribution >= 4 is 23.0 Å². The summed E-state index contributed by atoms with van der Waals surface area (Å²) in [7, 11) is 0. The van der Waals surface area contributed by atoms with Gasteiger partial charge in [-0.15, -0.1) is 0 Å². The Hall–Kier alpha value is -2.60. The van der Waals surface area contributed by atoms with Crippen LogP contribution in [0.3, 0.4) is 0 Å². The zero-order valence-corrected chi connectivity index (χ0v) is 9.51. The van der Waals surface area contributed by atoms with Crippen LogP contribution in [0.2, 0.25) is 0 Å². The normalized spacial score (nSPS) is 9.56. The lowest BCUT2D eigenvalue weighted by Gasteiger charge is -2.00. The number of fused-ring (bicyclic) bond motifs is 1. The average Bonchev–Trinajstić information content (AvgIpc) is 2.38. The van der Waals surface area contributed by atoms with Gasteiger partial charge >= 0.3 is 5.97 Å². The molecular formula is C15H10O3. The van der Waals surface area contributed by atoms with Crippen molar-refractivity contribution in [1.82, 2.24) is 0 Å². The Bertz CT molecular complexity index is 675. The van der Waals surface area contributed by atoms with Crippen LogP contribution in [0.15, 0.2) is 36.4 Å². The van der Waals surface area contributed by atoms with E-state index in [-0.39, 0.29) is 12.0 Å². The van der Waals surface area contributed by atoms with E-state index in [1.807, 2.05) is 18.2 Å². The molecule has 2 aromatic carbocycles. The Balaban J connectivity index is 2.42. The summed E-state index contributed by atoms with van der Waals surface area (Å²) in [6.07, 6.45) is 0.975. The molecule has 0 amide bonds. The standard InChI is InChI=1S/C15H10O3/c16-8-2-1-3-11-4-5-13-10-14(15(17)18)7-6-12(13)9-11/h4-10H,2H2,(H,17,18). The molecule has 1 N–H and O–H groups in total. The van der Waals surface area contributed by atoms with Crippen LogP contribution in [0.4, 0.5) is 0 Å². The topological polar surface area (TPSA) is 54.4 Å². The quantitative estimate of drug-likeness (QED) is 0.646. The predicted molar refractivity (Wildman–Crippen MR) is 68.5 cm³/mol. The van der Waals surface area contributed by atoms with Crippen LogP contribution in [0.25, 0.3) is 10.8 Å². The first kappa shape index (κ1) is 11.9. The van der Waals surface area contributed by atoms with Gasteiger partial charge in [0.2, 0.25) is 0 Å². The number of benzene rings is 2. The summed E-state index contributed by atoms with van der Waals surface area (Å²) >= 11 is 0. The van der Waals surface area contributed by atoms with Crippen LogP contribution in [-0.4, -0.2) is 17.4 Å². The fourth-order valence-corrected chi connectivity index (χ4v) is 1.65. The second kappa shape index (κ2) is 5.15. The highest BCUT2D eigenvalue weighted by Gasteiger charge is 2.03. The third kappa shape index (κ3) is 2.55. The van der Waals surface area contributed by atoms with E-state index in [4.69, 9.17) is 5.11 Å². The summed E-state index contributed by atoms with van der Waals surface area (Å²) in [5.74, 6) is 4.67. The highest BCUT2D eigenvalue weighted by molar-refractivity contribution is 5.94. The van der Waals surface area contributed by atoms with E-state index < -0.39 is 5.97 Å². The SMILES string of the molecule is O=CCC#Cc1ccc2cc(C(=O)O)ccc2c1. The van der Waals surface area contributed by atoms with Crippen molar-refractivity contribution in [2.24, 2.45) is 0 Å². The van der Waals surface area contributed by atoms with Gasteiger partial charge in [0.25, 0.3) is 0 Å². The third-order valence-corrected chi connectivity index (χ3v) is 2.51. The van der Waals surface area contributed by atoms with Gasteiger partial charge in [-0.1, -0.05) is 24.0 Å². The second-order valence-corrected chi connectivity index (χ2v) is 3.75. The van der Waals surface area contributed by atoms with Crippen LogP contribution < -0.4 is 0 Å². The molecule has 0 heterocycles. The lowest BCUT2D eigenvalue weighted by molar-refractivity contribution is -0.107. The first-order valence-electron chi connectivity index (χ1n) is 5.40. The number of rotatable bonds is 2. The summed E-state index contributed by atoms with van der Waals surface area (Å²) in [4.78, 5) is 21.0. The Morgan fingerprint density at radius 2 is 1.89 bits per heavy atom. The number of carbonyl (C=O) groups is 2. The van der Waals surface area contributed by atoms with Crippen molar-refractivity contribution in [2.75, 3.05) is 0 Å². The van der Waals surface area contributed by atoms with Gasteiger partial charge in [-0.25, -0.2) is 4.79 Å². The number of carboxylic acid groups (broad SMARTS) is 1. The molecule has 0 unspecified atom stereocenters. The summed E-state index contributed by atoms with van der Waals surface area (Å²) in [6.45, 7) is 0. The van der Waals surface area contributed by atoms with E-state index in [9.17, 15) is 9.59 Å². The fourth-order valence-electron chi connectivity index (χ4n) is 1.65. The van der Waals surface area contributed by atoms with Gasteiger partial charge in [0.1, 0.15) is 6.29 Å². The van der Waals surface area contributed by atoms with Crippen LogP contribution in [-0.2, 0) is 4.79 Å². The van der Waals surface area contributed by atoms with Crippen LogP contribution in [0.1, 0.15) is 22.3 Å². The van der Waals surface area contributed by atoms with E-state index in [0.29, 0.717) is 0 Å². The molecule has 3 nitrogen and oxygen atoms in total. The van der Waals surface area contributed by atoms with Gasteiger partial charge in [-0.3, -0.25) is 0 Å². The van der Waals surface area contributed by atoms with E-state index >= 15 is 0 Å². The number of carbonyl (C=O) groups excluding carboxylic acids is 1. The maximum Gasteiger partial charge on any atom is 0.335 e. The Labute approximate surface area is 104 Å². The molecule has 0 fully saturated rings. The van der Waals surface area contributed by atoms with Crippen molar-refractivity contribution in [1.29, 1.82) is 0 Å². The first-order chi connectivity index (χ1) is 8.70. The smallest absolute Gasteiger partial charge is 0.335 e. The summed E-state index contributed by atoms with van der Waals surface area (Å²) in [5, 5.41) is 10.7. The van der Waals surface area contributed by atoms with E-state index in [1.165, 1.54) is 0 Å². The summed E-state index contributed by atoms with van der Waals surface area (Å²) < 4.78 is 0. The Morgan fingerprint density at radius 1 is 1.17 bits per heavy atom. The van der Waals surface area contributed by atoms with E-state index in [2.05, 4.69) is 11.8 Å². The molecule has 2 aromatic rings. The van der Waals surface area contributed by atoms with Crippen molar-refractivity contribution in [3.05, 3.63) is 47.5 Å². The summed E-state index contributed by atoms with van der Waals surface area (Å²) in [5.41, 5.74) is 1.08. The maximum absolute atomic E-state index is 10.8. The number of carboxylic acids is 1. The van der Waals surface area contributed by atoms with Gasteiger partial charge in [0.15, 0.2) is 0 Å². The van der Waals surface area contributed by atoms with E-state index in [0.717, 1.165) is 22.6 Å². The molecule has 2 rings (SSSR count). The summed E-state index contributed by atoms with van der Waals surface area (Å²) in [6, 6.07) is 10.5. The maximum atomic E-state index is 10.8. The highest BCUT2D eigenvalue weighted by atomic mass is 16.4. The van der Waals surface area contributed by atoms with Crippen LogP contribution in [0, 0.1) is 11.8 Å². The molecule has 0 saturated heterocycles. The minimum atomic E-state index is -0.938. The van der Waals surface area contributed by atoms with Crippen LogP contribution >= 0.6 is 0 Å². The molecule has 0 aliphatic heterocycles. The lowest BCUT2D eigenvalue weighted by atomic mass is 10.0. The fraction of sp³-hybridized carbons (Fsp3) is 0.0667. The molecule has 88 valence electrons. The van der Waals surface area contributed by atoms with Gasteiger partial charge in [-0.2, -0.15) is 0 Å².